The first-order valence-electron chi connectivity index (χ1n) is 6.22. The molecule has 0 aliphatic rings. The number of aryl methyl sites for hydroxylation is 1. The van der Waals surface area contributed by atoms with Gasteiger partial charge in [-0.2, -0.15) is 0 Å². The molecule has 1 aromatic carbocycles. The van der Waals surface area contributed by atoms with Gasteiger partial charge in [0.1, 0.15) is 4.83 Å². The standard InChI is InChI=1S/C13H9ClN4O3S/c1-7-12-17(13(19)16-15-7)10(6-22-12)4-8-2-3-9(18(20)21)5-11(8)14/h2-3,5-6H,4H2,1H3. The highest BCUT2D eigenvalue weighted by Gasteiger charge is 2.14. The van der Waals surface area contributed by atoms with E-state index in [9.17, 15) is 14.9 Å². The Bertz CT molecular complexity index is 950. The molecule has 3 aromatic rings. The average Bonchev–Trinajstić information content (AvgIpc) is 2.90. The molecular weight excluding hydrogens is 328 g/mol. The number of nitrogens with zero attached hydrogens (tertiary/aromatic N) is 4. The Hall–Kier alpha value is -2.32. The Morgan fingerprint density at radius 2 is 2.18 bits per heavy atom. The molecule has 112 valence electrons. The van der Waals surface area contributed by atoms with Crippen LogP contribution in [0.3, 0.4) is 0 Å². The predicted octanol–water partition coefficient (Wildman–Crippen LogP) is 2.61. The summed E-state index contributed by atoms with van der Waals surface area (Å²) in [5.41, 5.74) is 1.58. The topological polar surface area (TPSA) is 90.4 Å². The number of hydrogen-bond donors (Lipinski definition) is 0. The van der Waals surface area contributed by atoms with E-state index in [2.05, 4.69) is 10.2 Å². The molecule has 0 spiro atoms. The third kappa shape index (κ3) is 2.46. The van der Waals surface area contributed by atoms with E-state index >= 15 is 0 Å². The van der Waals surface area contributed by atoms with Gasteiger partial charge >= 0.3 is 5.69 Å². The zero-order valence-corrected chi connectivity index (χ0v) is 12.9. The molecule has 2 heterocycles. The molecule has 7 nitrogen and oxygen atoms in total. The SMILES string of the molecule is Cc1nnc(=O)n2c(Cc3ccc([N+](=O)[O-])cc3Cl)csc12. The first-order valence-corrected chi connectivity index (χ1v) is 7.48. The van der Waals surface area contributed by atoms with Crippen LogP contribution in [0.1, 0.15) is 17.0 Å². The van der Waals surface area contributed by atoms with Crippen LogP contribution >= 0.6 is 22.9 Å². The van der Waals surface area contributed by atoms with Gasteiger partial charge in [-0.15, -0.1) is 16.4 Å². The predicted molar refractivity (Wildman–Crippen MR) is 82.8 cm³/mol. The summed E-state index contributed by atoms with van der Waals surface area (Å²) in [4.78, 5) is 22.9. The minimum Gasteiger partial charge on any atom is -0.258 e. The number of nitro benzene ring substituents is 1. The quantitative estimate of drug-likeness (QED) is 0.541. The van der Waals surface area contributed by atoms with Crippen LogP contribution in [0.25, 0.3) is 4.83 Å². The van der Waals surface area contributed by atoms with Gasteiger partial charge in [-0.1, -0.05) is 22.8 Å². The van der Waals surface area contributed by atoms with E-state index in [-0.39, 0.29) is 5.69 Å². The van der Waals surface area contributed by atoms with Crippen LogP contribution in [-0.4, -0.2) is 19.5 Å². The lowest BCUT2D eigenvalue weighted by molar-refractivity contribution is -0.384. The van der Waals surface area contributed by atoms with Crippen molar-refractivity contribution in [1.29, 1.82) is 0 Å². The monoisotopic (exact) mass is 336 g/mol. The van der Waals surface area contributed by atoms with Crippen molar-refractivity contribution in [1.82, 2.24) is 14.6 Å². The van der Waals surface area contributed by atoms with E-state index < -0.39 is 10.6 Å². The summed E-state index contributed by atoms with van der Waals surface area (Å²) in [7, 11) is 0. The van der Waals surface area contributed by atoms with Crippen molar-refractivity contribution in [2.24, 2.45) is 0 Å². The maximum Gasteiger partial charge on any atom is 0.371 e. The van der Waals surface area contributed by atoms with Gasteiger partial charge in [0.05, 0.1) is 15.6 Å². The molecule has 0 amide bonds. The van der Waals surface area contributed by atoms with Crippen LogP contribution in [0.2, 0.25) is 5.02 Å². The Balaban J connectivity index is 2.06. The number of fused-ring (bicyclic) bond motifs is 1. The molecule has 0 aliphatic carbocycles. The minimum absolute atomic E-state index is 0.0668. The molecule has 22 heavy (non-hydrogen) atoms. The van der Waals surface area contributed by atoms with Gasteiger partial charge in [-0.25, -0.2) is 4.79 Å². The maximum atomic E-state index is 11.9. The van der Waals surface area contributed by atoms with E-state index in [1.165, 1.54) is 27.9 Å². The van der Waals surface area contributed by atoms with Gasteiger partial charge in [0.2, 0.25) is 0 Å². The van der Waals surface area contributed by atoms with Crippen LogP contribution < -0.4 is 5.69 Å². The first-order chi connectivity index (χ1) is 10.5. The summed E-state index contributed by atoms with van der Waals surface area (Å²) >= 11 is 7.49. The zero-order chi connectivity index (χ0) is 15.9. The van der Waals surface area contributed by atoms with Gasteiger partial charge in [0.15, 0.2) is 0 Å². The van der Waals surface area contributed by atoms with Crippen molar-refractivity contribution in [3.63, 3.8) is 0 Å². The van der Waals surface area contributed by atoms with E-state index in [0.29, 0.717) is 22.7 Å². The molecule has 0 saturated heterocycles. The molecule has 0 fully saturated rings. The number of thiazole rings is 1. The first kappa shape index (κ1) is 14.6. The summed E-state index contributed by atoms with van der Waals surface area (Å²) in [6.45, 7) is 1.78. The fourth-order valence-corrected chi connectivity index (χ4v) is 3.32. The summed E-state index contributed by atoms with van der Waals surface area (Å²) in [6, 6.07) is 4.29. The Morgan fingerprint density at radius 3 is 2.86 bits per heavy atom. The molecule has 0 radical (unpaired) electrons. The van der Waals surface area contributed by atoms with Crippen molar-refractivity contribution in [3.05, 3.63) is 66.2 Å². The van der Waals surface area contributed by atoms with Crippen LogP contribution in [0.4, 0.5) is 5.69 Å². The van der Waals surface area contributed by atoms with E-state index in [1.807, 2.05) is 5.38 Å². The number of rotatable bonds is 3. The molecule has 0 saturated carbocycles. The second-order valence-electron chi connectivity index (χ2n) is 4.65. The Labute approximate surface area is 133 Å². The van der Waals surface area contributed by atoms with Crippen molar-refractivity contribution in [2.75, 3.05) is 0 Å². The zero-order valence-electron chi connectivity index (χ0n) is 11.3. The lowest BCUT2D eigenvalue weighted by Crippen LogP contribution is -2.20. The van der Waals surface area contributed by atoms with Crippen LogP contribution in [0.5, 0.6) is 0 Å². The third-order valence-electron chi connectivity index (χ3n) is 3.20. The van der Waals surface area contributed by atoms with Gasteiger partial charge in [-0.3, -0.25) is 14.5 Å². The fourth-order valence-electron chi connectivity index (χ4n) is 2.13. The van der Waals surface area contributed by atoms with Crippen molar-refractivity contribution in [2.45, 2.75) is 13.3 Å². The highest BCUT2D eigenvalue weighted by Crippen LogP contribution is 2.26. The number of benzene rings is 1. The molecule has 0 aliphatic heterocycles. The Kier molecular flexibility index (Phi) is 3.63. The highest BCUT2D eigenvalue weighted by molar-refractivity contribution is 7.15. The van der Waals surface area contributed by atoms with Crippen LogP contribution in [-0.2, 0) is 6.42 Å². The highest BCUT2D eigenvalue weighted by atomic mass is 35.5. The van der Waals surface area contributed by atoms with Gasteiger partial charge < -0.3 is 0 Å². The smallest absolute Gasteiger partial charge is 0.258 e. The molecule has 0 atom stereocenters. The number of non-ortho nitro benzene ring substituents is 1. The molecule has 0 bridgehead atoms. The van der Waals surface area contributed by atoms with Crippen molar-refractivity contribution < 1.29 is 4.92 Å². The van der Waals surface area contributed by atoms with Crippen LogP contribution in [0, 0.1) is 17.0 Å². The van der Waals surface area contributed by atoms with Gasteiger partial charge in [-0.05, 0) is 12.5 Å². The van der Waals surface area contributed by atoms with E-state index in [0.717, 1.165) is 10.5 Å². The number of hydrogen-bond acceptors (Lipinski definition) is 6. The number of aromatic nitrogens is 3. The van der Waals surface area contributed by atoms with E-state index in [1.54, 1.807) is 13.0 Å². The summed E-state index contributed by atoms with van der Waals surface area (Å²) < 4.78 is 1.49. The van der Waals surface area contributed by atoms with Crippen LogP contribution in [0.15, 0.2) is 28.4 Å². The molecule has 2 aromatic heterocycles. The lowest BCUT2D eigenvalue weighted by Gasteiger charge is -2.04. The second-order valence-corrected chi connectivity index (χ2v) is 5.91. The molecule has 0 unspecified atom stereocenters. The normalized spacial score (nSPS) is 11.0. The fraction of sp³-hybridized carbons (Fsp3) is 0.154. The van der Waals surface area contributed by atoms with Crippen molar-refractivity contribution >= 4 is 33.5 Å². The van der Waals surface area contributed by atoms with Gasteiger partial charge in [0, 0.05) is 29.6 Å². The number of halogens is 1. The molecule has 9 heteroatoms. The number of nitro groups is 1. The molecule has 3 rings (SSSR count). The second kappa shape index (κ2) is 5.47. The molecular formula is C13H9ClN4O3S. The minimum atomic E-state index is -0.501. The largest absolute Gasteiger partial charge is 0.371 e. The third-order valence-corrected chi connectivity index (χ3v) is 4.65. The summed E-state index contributed by atoms with van der Waals surface area (Å²) in [5.74, 6) is 0. The lowest BCUT2D eigenvalue weighted by atomic mass is 10.1. The Morgan fingerprint density at radius 1 is 1.41 bits per heavy atom. The average molecular weight is 337 g/mol. The van der Waals surface area contributed by atoms with Gasteiger partial charge in [0.25, 0.3) is 5.69 Å². The summed E-state index contributed by atoms with van der Waals surface area (Å²) in [5, 5.41) is 20.2. The maximum absolute atomic E-state index is 11.9. The van der Waals surface area contributed by atoms with E-state index in [4.69, 9.17) is 11.6 Å². The summed E-state index contributed by atoms with van der Waals surface area (Å²) in [6.07, 6.45) is 0.377. The molecule has 0 N–H and O–H groups in total. The van der Waals surface area contributed by atoms with Crippen molar-refractivity contribution in [3.8, 4) is 0 Å².